The van der Waals surface area contributed by atoms with Crippen molar-refractivity contribution >= 4 is 84.8 Å². The smallest absolute Gasteiger partial charge is 0.420 e. The quantitative estimate of drug-likeness (QED) is 0.0140. The van der Waals surface area contributed by atoms with Crippen LogP contribution in [-0.4, -0.2) is 125 Å². The Morgan fingerprint density at radius 3 is 0.617 bits per heavy atom. The van der Waals surface area contributed by atoms with E-state index in [-0.39, 0.29) is 0 Å². The molecule has 0 fully saturated rings. The van der Waals surface area contributed by atoms with Crippen LogP contribution in [0.3, 0.4) is 0 Å². The normalized spacial score (nSPS) is 14.3. The van der Waals surface area contributed by atoms with Crippen molar-refractivity contribution in [3.8, 4) is 0 Å². The highest BCUT2D eigenvalue weighted by Gasteiger charge is 2.31. The summed E-state index contributed by atoms with van der Waals surface area (Å²) in [6.07, 6.45) is 78.9. The minimum Gasteiger partial charge on any atom is -0.420 e. The first kappa shape index (κ1) is 124. The summed E-state index contributed by atoms with van der Waals surface area (Å²) in [7, 11) is -2.61. The van der Waals surface area contributed by atoms with Gasteiger partial charge in [-0.25, -0.2) is 0 Å². The maximum atomic E-state index is 10.5. The Morgan fingerprint density at radius 2 is 0.397 bits per heavy atom. The molecule has 0 saturated carbocycles. The van der Waals surface area contributed by atoms with Crippen LogP contribution in [0.5, 0.6) is 0 Å². The van der Waals surface area contributed by atoms with Crippen molar-refractivity contribution < 1.29 is 55.0 Å². The number of hydrogen-bond acceptors (Lipinski definition) is 12. The number of aryl methyl sites for hydroxylation is 6. The Balaban J connectivity index is 1.47. The second-order valence-electron chi connectivity index (χ2n) is 42.7. The van der Waals surface area contributed by atoms with Gasteiger partial charge in [0.1, 0.15) is 0 Å². The highest BCUT2D eigenvalue weighted by Crippen LogP contribution is 2.37. The van der Waals surface area contributed by atoms with E-state index in [1.165, 1.54) is 334 Å². The highest BCUT2D eigenvalue weighted by atomic mass is 28.4. The molecule has 3 unspecified atom stereocenters. The molecular weight excluding hydrogens is 1840 g/mol. The molecule has 6 aromatic rings. The van der Waals surface area contributed by atoms with Crippen molar-refractivity contribution in [2.75, 3.05) is 49.8 Å². The fraction of sp³-hybridized carbons (Fsp3) is 0.610. The van der Waals surface area contributed by atoms with E-state index < -0.39 is 51.4 Å². The van der Waals surface area contributed by atoms with Gasteiger partial charge in [-0.15, -0.1) is 0 Å². The van der Waals surface area contributed by atoms with E-state index in [0.717, 1.165) is 150 Å². The van der Waals surface area contributed by atoms with Crippen molar-refractivity contribution in [1.29, 1.82) is 0 Å². The Labute approximate surface area is 868 Å². The first-order valence-electron chi connectivity index (χ1n) is 56.3. The zero-order valence-corrected chi connectivity index (χ0v) is 97.8. The molecule has 18 heteroatoms. The predicted molar refractivity (Wildman–Crippen MR) is 620 cm³/mol. The molecule has 0 amide bonds. The summed E-state index contributed by atoms with van der Waals surface area (Å²) in [6.45, 7) is 17.1. The van der Waals surface area contributed by atoms with E-state index in [9.17, 15) is 24.0 Å². The molecule has 0 bridgehead atoms. The lowest BCUT2D eigenvalue weighted by molar-refractivity contribution is 0.183. The maximum Gasteiger partial charge on any atom is 0.495 e. The Morgan fingerprint density at radius 1 is 0.206 bits per heavy atom. The molecule has 0 aromatic heterocycles. The molecule has 0 radical (unpaired) electrons. The summed E-state index contributed by atoms with van der Waals surface area (Å²) in [5, 5.41) is 0. The zero-order valence-electron chi connectivity index (χ0n) is 91.8. The molecule has 0 aliphatic heterocycles. The van der Waals surface area contributed by atoms with Crippen molar-refractivity contribution in [2.24, 2.45) is 0 Å². The maximum absolute atomic E-state index is 10.5. The average molecular weight is 2040 g/mol. The molecule has 3 atom stereocenters. The molecule has 788 valence electrons. The van der Waals surface area contributed by atoms with Crippen molar-refractivity contribution in [3.05, 3.63) is 249 Å². The summed E-state index contributed by atoms with van der Waals surface area (Å²) in [5.74, 6) is 0. The van der Waals surface area contributed by atoms with Gasteiger partial charge in [0.15, 0.2) is 8.32 Å². The fourth-order valence-corrected chi connectivity index (χ4v) is 26.3. The van der Waals surface area contributed by atoms with Gasteiger partial charge in [0.25, 0.3) is 0 Å². The third-order valence-electron chi connectivity index (χ3n) is 30.0. The van der Waals surface area contributed by atoms with Crippen molar-refractivity contribution in [3.63, 3.8) is 0 Å². The van der Waals surface area contributed by atoms with Crippen LogP contribution in [0.2, 0.25) is 75.5 Å². The summed E-state index contributed by atoms with van der Waals surface area (Å²) in [6, 6.07) is 62.6. The minimum atomic E-state index is -3.50. The lowest BCUT2D eigenvalue weighted by atomic mass is 9.90. The second kappa shape index (κ2) is 72.8. The lowest BCUT2D eigenvalue weighted by Crippen LogP contribution is -2.37. The molecule has 0 heterocycles. The molecular formula is C123H200O12Si6. The van der Waals surface area contributed by atoms with Crippen LogP contribution in [0.4, 0.5) is 0 Å². The van der Waals surface area contributed by atoms with Crippen molar-refractivity contribution in [1.82, 2.24) is 0 Å². The molecule has 141 heavy (non-hydrogen) atoms. The Hall–Kier alpha value is -5.42. The standard InChI is InChI=1S/C123H200O12Si6/c1-16-113(115-85-73-108(74-86-115)66-54-43-30-18-24-36-48-60-96-137(12,124)130-4)102-121(117-89-77-110(78-90-117)68-56-42-29-17-23-35-47-59-95-136(10,11)129-3)104-123(119-93-81-112(82-94-119)70-58-46-34-22-28-40-52-64-100-141(127,128)135-9)105-122(118-91-79-111(80-92-118)69-57-45-32-20-26-38-50-62-98-139(14,126)132-6)103-120(116-87-75-109(76-88-116)67-55-44-31-19-25-37-49-61-97-138(13,125)131-5)101-106(2)114-83-71-107(72-84-114)65-53-41-33-21-27-39-51-63-99-140(15,133-7)134-8/h16,71-94,101-105,124-128H,17-70,95-100H2,1-15H3. The molecule has 5 N–H and O–H groups in total. The monoisotopic (exact) mass is 2040 g/mol. The first-order valence-corrected chi connectivity index (χ1v) is 71.7. The third-order valence-corrected chi connectivity index (χ3v) is 43.8. The van der Waals surface area contributed by atoms with Gasteiger partial charge in [-0.1, -0.05) is 421 Å². The van der Waals surface area contributed by atoms with E-state index in [2.05, 4.69) is 216 Å². The molecule has 12 nitrogen and oxygen atoms in total. The van der Waals surface area contributed by atoms with Crippen LogP contribution in [0.1, 0.15) is 389 Å². The van der Waals surface area contributed by atoms with Crippen LogP contribution in [0.25, 0.3) is 33.4 Å². The van der Waals surface area contributed by atoms with Crippen LogP contribution in [-0.2, 0) is 69.5 Å². The number of rotatable bonds is 84. The van der Waals surface area contributed by atoms with Crippen molar-refractivity contribution in [2.45, 2.75) is 436 Å². The van der Waals surface area contributed by atoms with Gasteiger partial charge in [-0.2, -0.15) is 0 Å². The second-order valence-corrected chi connectivity index (χ2v) is 62.9. The number of allylic oxidation sites excluding steroid dienone is 12. The molecule has 0 spiro atoms. The molecule has 0 aliphatic rings. The van der Waals surface area contributed by atoms with E-state index >= 15 is 0 Å². The van der Waals surface area contributed by atoms with Gasteiger partial charge in [0, 0.05) is 55.8 Å². The summed E-state index contributed by atoms with van der Waals surface area (Å²) in [4.78, 5) is 51.7. The van der Waals surface area contributed by atoms with Crippen LogP contribution >= 0.6 is 0 Å². The molecule has 6 rings (SSSR count). The average Bonchev–Trinajstić information content (AvgIpc) is 0.807. The van der Waals surface area contributed by atoms with E-state index in [0.29, 0.717) is 6.04 Å². The predicted octanol–water partition coefficient (Wildman–Crippen LogP) is 34.4. The van der Waals surface area contributed by atoms with Gasteiger partial charge in [0.2, 0.25) is 0 Å². The molecule has 6 aromatic carbocycles. The van der Waals surface area contributed by atoms with Gasteiger partial charge in [-0.3, -0.25) is 0 Å². The van der Waals surface area contributed by atoms with Crippen LogP contribution in [0, 0.1) is 0 Å². The van der Waals surface area contributed by atoms with E-state index in [4.69, 9.17) is 31.0 Å². The molecule has 0 aliphatic carbocycles. The lowest BCUT2D eigenvalue weighted by Gasteiger charge is -2.22. The Bertz CT molecular complexity index is 4410. The zero-order chi connectivity index (χ0) is 102. The third kappa shape index (κ3) is 56.0. The van der Waals surface area contributed by atoms with Gasteiger partial charge < -0.3 is 55.0 Å². The SMILES string of the molecule is CC=C(C=C(C=C(C=C(C=C(C=C(C)c1ccc(CCCCCCCCCC[Si](C)(OC)OC)cc1)c1ccc(CCCCCCCCCC[Si](C)(O)OC)cc1)c1ccc(CCCCCCCCCC[Si](C)(O)OC)cc1)c1ccc(CCCCCCCCCC[Si](O)(O)OC)cc1)c1ccc(CCCCCCCCCC[Si](C)(C)OC)cc1)c1ccc(CCCCCCCCCC[Si](C)(O)OC)cc1. The summed E-state index contributed by atoms with van der Waals surface area (Å²) >= 11 is 0. The van der Waals surface area contributed by atoms with Gasteiger partial charge in [0.05, 0.1) is 0 Å². The number of benzene rings is 6. The topological polar surface area (TPSA) is 166 Å². The first-order chi connectivity index (χ1) is 68.1. The minimum absolute atomic E-state index is 0.369. The van der Waals surface area contributed by atoms with E-state index in [1.54, 1.807) is 35.5 Å². The molecule has 0 saturated heterocycles. The van der Waals surface area contributed by atoms with Gasteiger partial charge >= 0.3 is 43.0 Å². The highest BCUT2D eigenvalue weighted by molar-refractivity contribution is 6.71. The van der Waals surface area contributed by atoms with Crippen LogP contribution in [0.15, 0.2) is 182 Å². The summed E-state index contributed by atoms with van der Waals surface area (Å²) < 4.78 is 38.5. The van der Waals surface area contributed by atoms with Gasteiger partial charge in [-0.05, 0) is 291 Å². The number of unbranched alkanes of at least 4 members (excludes halogenated alkanes) is 42. The summed E-state index contributed by atoms with van der Waals surface area (Å²) in [5.41, 5.74) is 22.5. The van der Waals surface area contributed by atoms with E-state index in [1.807, 2.05) is 26.8 Å². The fourth-order valence-electron chi connectivity index (χ4n) is 19.3. The van der Waals surface area contributed by atoms with Crippen LogP contribution < -0.4 is 0 Å². The number of hydrogen-bond donors (Lipinski definition) is 5. The Kier molecular flexibility index (Phi) is 64.2. The largest absolute Gasteiger partial charge is 0.495 e.